The maximum absolute atomic E-state index is 14.7. The number of para-hydroxylation sites is 1. The van der Waals surface area contributed by atoms with Gasteiger partial charge in [0.05, 0.1) is 0 Å². The number of halogens is 4. The molecule has 0 atom stereocenters. The van der Waals surface area contributed by atoms with E-state index >= 15 is 0 Å². The predicted molar refractivity (Wildman–Crippen MR) is 113 cm³/mol. The number of benzene rings is 4. The minimum atomic E-state index is -5.59. The molecule has 4 rings (SSSR count). The third-order valence-electron chi connectivity index (χ3n) is 4.83. The van der Waals surface area contributed by atoms with Crippen molar-refractivity contribution in [2.75, 3.05) is 0 Å². The molecule has 0 aromatic heterocycles. The van der Waals surface area contributed by atoms with Gasteiger partial charge in [-0.25, -0.2) is 8.78 Å². The van der Waals surface area contributed by atoms with Crippen LogP contribution in [0.2, 0.25) is 0 Å². The Morgan fingerprint density at radius 1 is 0.576 bits per heavy atom. The van der Waals surface area contributed by atoms with Crippen molar-refractivity contribution in [2.24, 2.45) is 0 Å². The van der Waals surface area contributed by atoms with Crippen molar-refractivity contribution in [3.63, 3.8) is 0 Å². The number of hydrogen-bond donors (Lipinski definition) is 1. The SMILES string of the molecule is O=S(=O)(O)c1c(F)c(F)c(Oc2c(-c3ccccc3)cccc2-c2ccccc2)c(F)c1F. The summed E-state index contributed by atoms with van der Waals surface area (Å²) in [6.07, 6.45) is 0. The van der Waals surface area contributed by atoms with Crippen LogP contribution in [0, 0.1) is 23.3 Å². The molecule has 0 radical (unpaired) electrons. The average molecular weight is 474 g/mol. The van der Waals surface area contributed by atoms with Crippen molar-refractivity contribution < 1.29 is 35.3 Å². The summed E-state index contributed by atoms with van der Waals surface area (Å²) in [7, 11) is -5.59. The Bertz CT molecular complexity index is 1350. The van der Waals surface area contributed by atoms with Crippen LogP contribution in [0.15, 0.2) is 83.8 Å². The zero-order valence-electron chi connectivity index (χ0n) is 16.6. The second kappa shape index (κ2) is 8.68. The first-order valence-electron chi connectivity index (χ1n) is 9.45. The standard InChI is InChI=1S/C24H14F4O4S/c25-18-20(27)24(33(29,30)31)21(28)19(26)23(18)32-22-16(14-8-3-1-4-9-14)12-7-13-17(22)15-10-5-2-6-11-15/h1-13H,(H,29,30,31). The summed E-state index contributed by atoms with van der Waals surface area (Å²) in [6, 6.07) is 22.0. The highest BCUT2D eigenvalue weighted by Gasteiger charge is 2.34. The molecule has 0 bridgehead atoms. The van der Waals surface area contributed by atoms with Gasteiger partial charge in [-0.1, -0.05) is 78.9 Å². The summed E-state index contributed by atoms with van der Waals surface area (Å²) >= 11 is 0. The van der Waals surface area contributed by atoms with Gasteiger partial charge >= 0.3 is 10.1 Å². The van der Waals surface area contributed by atoms with Gasteiger partial charge < -0.3 is 4.74 Å². The van der Waals surface area contributed by atoms with Crippen LogP contribution in [0.3, 0.4) is 0 Å². The molecule has 0 saturated heterocycles. The third-order valence-corrected chi connectivity index (χ3v) is 5.70. The normalized spacial score (nSPS) is 11.4. The molecule has 4 aromatic rings. The number of rotatable bonds is 5. The first kappa shape index (κ1) is 22.5. The molecule has 4 aromatic carbocycles. The van der Waals surface area contributed by atoms with Crippen LogP contribution >= 0.6 is 0 Å². The van der Waals surface area contributed by atoms with Gasteiger partial charge in [0, 0.05) is 11.1 Å². The van der Waals surface area contributed by atoms with Crippen molar-refractivity contribution in [1.82, 2.24) is 0 Å². The van der Waals surface area contributed by atoms with E-state index in [9.17, 15) is 26.0 Å². The molecule has 0 fully saturated rings. The molecule has 0 aliphatic rings. The molecule has 0 spiro atoms. The molecule has 0 unspecified atom stereocenters. The van der Waals surface area contributed by atoms with E-state index in [4.69, 9.17) is 9.29 Å². The van der Waals surface area contributed by atoms with E-state index in [1.165, 1.54) is 0 Å². The van der Waals surface area contributed by atoms with Crippen LogP contribution in [0.4, 0.5) is 17.6 Å². The zero-order valence-corrected chi connectivity index (χ0v) is 17.4. The van der Waals surface area contributed by atoms with E-state index in [2.05, 4.69) is 0 Å². The average Bonchev–Trinajstić information content (AvgIpc) is 2.81. The van der Waals surface area contributed by atoms with Gasteiger partial charge in [-0.2, -0.15) is 17.2 Å². The molecular weight excluding hydrogens is 460 g/mol. The maximum atomic E-state index is 14.7. The smallest absolute Gasteiger partial charge is 0.300 e. The maximum Gasteiger partial charge on any atom is 0.300 e. The summed E-state index contributed by atoms with van der Waals surface area (Å²) in [4.78, 5) is -2.13. The number of ether oxygens (including phenoxy) is 1. The fraction of sp³-hybridized carbons (Fsp3) is 0. The van der Waals surface area contributed by atoms with Crippen molar-refractivity contribution in [2.45, 2.75) is 4.90 Å². The van der Waals surface area contributed by atoms with Crippen LogP contribution in [-0.4, -0.2) is 13.0 Å². The molecule has 33 heavy (non-hydrogen) atoms. The lowest BCUT2D eigenvalue weighted by Gasteiger charge is -2.18. The van der Waals surface area contributed by atoms with E-state index < -0.39 is 44.0 Å². The summed E-state index contributed by atoms with van der Waals surface area (Å²) in [5.41, 5.74) is 1.88. The van der Waals surface area contributed by atoms with E-state index in [1.807, 2.05) is 0 Å². The molecular formula is C24H14F4O4S. The van der Waals surface area contributed by atoms with Crippen molar-refractivity contribution in [3.8, 4) is 33.8 Å². The lowest BCUT2D eigenvalue weighted by Crippen LogP contribution is -2.11. The Hall–Kier alpha value is -3.69. The quantitative estimate of drug-likeness (QED) is 0.201. The minimum absolute atomic E-state index is 0.119. The second-order valence-corrected chi connectivity index (χ2v) is 8.26. The summed E-state index contributed by atoms with van der Waals surface area (Å²) in [5, 5.41) is 0. The molecule has 1 N–H and O–H groups in total. The molecule has 0 amide bonds. The third kappa shape index (κ3) is 4.20. The van der Waals surface area contributed by atoms with Crippen LogP contribution in [0.25, 0.3) is 22.3 Å². The van der Waals surface area contributed by atoms with Gasteiger partial charge in [-0.05, 0) is 11.1 Å². The Morgan fingerprint density at radius 2 is 1.00 bits per heavy atom. The van der Waals surface area contributed by atoms with Gasteiger partial charge in [-0.15, -0.1) is 0 Å². The fourth-order valence-corrected chi connectivity index (χ4v) is 3.98. The molecule has 168 valence electrons. The van der Waals surface area contributed by atoms with Crippen LogP contribution in [0.5, 0.6) is 11.5 Å². The lowest BCUT2D eigenvalue weighted by molar-refractivity contribution is 0.347. The van der Waals surface area contributed by atoms with E-state index in [0.717, 1.165) is 0 Å². The zero-order chi connectivity index (χ0) is 23.8. The molecule has 9 heteroatoms. The first-order chi connectivity index (χ1) is 15.7. The van der Waals surface area contributed by atoms with Gasteiger partial charge in [0.25, 0.3) is 0 Å². The lowest BCUT2D eigenvalue weighted by atomic mass is 9.97. The minimum Gasteiger partial charge on any atom is -0.450 e. The Kier molecular flexibility index (Phi) is 5.92. The monoisotopic (exact) mass is 474 g/mol. The first-order valence-corrected chi connectivity index (χ1v) is 10.9. The van der Waals surface area contributed by atoms with Crippen LogP contribution < -0.4 is 4.74 Å². The van der Waals surface area contributed by atoms with Gasteiger partial charge in [0.15, 0.2) is 16.5 Å². The molecule has 4 nitrogen and oxygen atoms in total. The molecule has 0 saturated carbocycles. The number of hydrogen-bond acceptors (Lipinski definition) is 3. The topological polar surface area (TPSA) is 63.6 Å². The molecule has 0 heterocycles. The highest BCUT2D eigenvalue weighted by molar-refractivity contribution is 7.85. The highest BCUT2D eigenvalue weighted by Crippen LogP contribution is 2.44. The Balaban J connectivity index is 1.99. The summed E-state index contributed by atoms with van der Waals surface area (Å²) < 4.78 is 95.0. The van der Waals surface area contributed by atoms with Crippen molar-refractivity contribution in [1.29, 1.82) is 0 Å². The Labute approximate surface area is 186 Å². The van der Waals surface area contributed by atoms with Crippen molar-refractivity contribution in [3.05, 3.63) is 102 Å². The largest absolute Gasteiger partial charge is 0.450 e. The summed E-state index contributed by atoms with van der Waals surface area (Å²) in [6.45, 7) is 0. The Morgan fingerprint density at radius 3 is 1.39 bits per heavy atom. The van der Waals surface area contributed by atoms with Crippen molar-refractivity contribution >= 4 is 10.1 Å². The van der Waals surface area contributed by atoms with Crippen LogP contribution in [-0.2, 0) is 10.1 Å². The fourth-order valence-electron chi connectivity index (χ4n) is 3.35. The predicted octanol–water partition coefficient (Wildman–Crippen LogP) is 6.62. The van der Waals surface area contributed by atoms with E-state index in [-0.39, 0.29) is 5.75 Å². The van der Waals surface area contributed by atoms with Gasteiger partial charge in [0.2, 0.25) is 17.4 Å². The van der Waals surface area contributed by atoms with Crippen LogP contribution in [0.1, 0.15) is 0 Å². The highest BCUT2D eigenvalue weighted by atomic mass is 32.2. The molecule has 0 aliphatic heterocycles. The van der Waals surface area contributed by atoms with E-state index in [0.29, 0.717) is 22.3 Å². The molecule has 0 aliphatic carbocycles. The summed E-state index contributed by atoms with van der Waals surface area (Å²) in [5.74, 6) is -10.4. The van der Waals surface area contributed by atoms with E-state index in [1.54, 1.807) is 78.9 Å². The van der Waals surface area contributed by atoms with Gasteiger partial charge in [0.1, 0.15) is 5.75 Å². The van der Waals surface area contributed by atoms with Gasteiger partial charge in [-0.3, -0.25) is 4.55 Å². The second-order valence-electron chi connectivity index (χ2n) is 6.91.